The van der Waals surface area contributed by atoms with E-state index in [1.165, 1.54) is 21.0 Å². The molecule has 0 aliphatic carbocycles. The number of hydrogen-bond donors (Lipinski definition) is 1. The van der Waals surface area contributed by atoms with Gasteiger partial charge in [-0.15, -0.1) is 0 Å². The van der Waals surface area contributed by atoms with Crippen molar-refractivity contribution in [3.05, 3.63) is 0 Å². The molecule has 0 saturated heterocycles. The zero-order valence-corrected chi connectivity index (χ0v) is 11.2. The molecule has 0 aromatic carbocycles. The lowest BCUT2D eigenvalue weighted by atomic mass is 10.1. The van der Waals surface area contributed by atoms with Crippen LogP contribution in [0.1, 0.15) is 34.1 Å². The summed E-state index contributed by atoms with van der Waals surface area (Å²) in [6.45, 7) is 5.92. The fourth-order valence-electron chi connectivity index (χ4n) is 0.870. The molecular weight excluding hydrogens is 232 g/mol. The molecule has 0 saturated carbocycles. The van der Waals surface area contributed by atoms with E-state index < -0.39 is 26.2 Å². The van der Waals surface area contributed by atoms with Crippen molar-refractivity contribution >= 4 is 15.8 Å². The summed E-state index contributed by atoms with van der Waals surface area (Å²) in [4.78, 5) is 10.9. The molecule has 0 aliphatic heterocycles. The lowest BCUT2D eigenvalue weighted by molar-refractivity contribution is -0.139. The molecule has 0 aromatic heterocycles. The average molecular weight is 252 g/mol. The van der Waals surface area contributed by atoms with Crippen LogP contribution in [0, 0.1) is 0 Å². The van der Waals surface area contributed by atoms with Crippen LogP contribution in [0.4, 0.5) is 0 Å². The van der Waals surface area contributed by atoms with Crippen molar-refractivity contribution in [3.8, 4) is 0 Å². The molecule has 16 heavy (non-hydrogen) atoms. The molecule has 1 N–H and O–H groups in total. The Kier molecular flexibility index (Phi) is 4.53. The van der Waals surface area contributed by atoms with Gasteiger partial charge in [0.1, 0.15) is 0 Å². The van der Waals surface area contributed by atoms with Crippen molar-refractivity contribution in [2.45, 2.75) is 44.5 Å². The van der Waals surface area contributed by atoms with Gasteiger partial charge in [0.05, 0.1) is 11.4 Å². The lowest BCUT2D eigenvalue weighted by Gasteiger charge is -2.25. The quantitative estimate of drug-likeness (QED) is 0.765. The minimum atomic E-state index is -3.68. The third-order valence-corrected chi connectivity index (χ3v) is 5.29. The number of ether oxygens (including phenoxy) is 1. The molecule has 0 spiro atoms. The first-order valence-electron chi connectivity index (χ1n) is 4.97. The van der Waals surface area contributed by atoms with Crippen molar-refractivity contribution < 1.29 is 23.1 Å². The molecule has 6 heteroatoms. The summed E-state index contributed by atoms with van der Waals surface area (Å²) >= 11 is 0. The van der Waals surface area contributed by atoms with Crippen LogP contribution in [0.3, 0.4) is 0 Å². The Balaban J connectivity index is 4.80. The Hall–Kier alpha value is -0.620. The summed E-state index contributed by atoms with van der Waals surface area (Å²) in [5.74, 6) is -1.53. The van der Waals surface area contributed by atoms with Crippen molar-refractivity contribution in [2.24, 2.45) is 0 Å². The molecule has 0 atom stereocenters. The van der Waals surface area contributed by atoms with Gasteiger partial charge >= 0.3 is 5.97 Å². The number of aliphatic carboxylic acids is 1. The lowest BCUT2D eigenvalue weighted by Crippen LogP contribution is -2.43. The number of carboxylic acids is 1. The second-order valence-corrected chi connectivity index (χ2v) is 7.51. The summed E-state index contributed by atoms with van der Waals surface area (Å²) in [6, 6.07) is 0. The molecule has 96 valence electrons. The van der Waals surface area contributed by atoms with Gasteiger partial charge in [-0.1, -0.05) is 0 Å². The normalized spacial score (nSPS) is 13.8. The maximum atomic E-state index is 11.8. The summed E-state index contributed by atoms with van der Waals surface area (Å²) < 4.78 is 27.0. The summed E-state index contributed by atoms with van der Waals surface area (Å²) in [7, 11) is -2.19. The van der Waals surface area contributed by atoms with E-state index in [1.807, 2.05) is 0 Å². The van der Waals surface area contributed by atoms with E-state index in [1.54, 1.807) is 13.8 Å². The van der Waals surface area contributed by atoms with Crippen LogP contribution in [-0.4, -0.2) is 42.7 Å². The highest BCUT2D eigenvalue weighted by molar-refractivity contribution is 7.93. The fourth-order valence-corrected chi connectivity index (χ4v) is 2.41. The Morgan fingerprint density at radius 3 is 2.00 bits per heavy atom. The SMILES string of the molecule is COC(C)(C)CCS(=O)(=O)C(C)(C)C(=O)O. The maximum absolute atomic E-state index is 11.8. The average Bonchev–Trinajstić information content (AvgIpc) is 2.15. The van der Waals surface area contributed by atoms with Crippen LogP contribution in [0.2, 0.25) is 0 Å². The molecule has 0 heterocycles. The van der Waals surface area contributed by atoms with Crippen LogP contribution in [0.15, 0.2) is 0 Å². The molecule has 0 bridgehead atoms. The number of carboxylic acid groups (broad SMARTS) is 1. The summed E-state index contributed by atoms with van der Waals surface area (Å²) in [6.07, 6.45) is 0.266. The highest BCUT2D eigenvalue weighted by Gasteiger charge is 2.42. The Morgan fingerprint density at radius 2 is 1.69 bits per heavy atom. The van der Waals surface area contributed by atoms with E-state index in [-0.39, 0.29) is 12.2 Å². The second-order valence-electron chi connectivity index (χ2n) is 4.85. The Labute approximate surface area is 96.7 Å². The minimum Gasteiger partial charge on any atom is -0.480 e. The number of rotatable bonds is 6. The third kappa shape index (κ3) is 3.45. The van der Waals surface area contributed by atoms with E-state index in [2.05, 4.69) is 0 Å². The molecule has 0 radical (unpaired) electrons. The van der Waals surface area contributed by atoms with Gasteiger partial charge in [0.15, 0.2) is 14.6 Å². The highest BCUT2D eigenvalue weighted by Crippen LogP contribution is 2.22. The van der Waals surface area contributed by atoms with Gasteiger partial charge in [0, 0.05) is 7.11 Å². The second kappa shape index (κ2) is 4.71. The van der Waals surface area contributed by atoms with Gasteiger partial charge < -0.3 is 9.84 Å². The van der Waals surface area contributed by atoms with E-state index in [0.29, 0.717) is 0 Å². The fraction of sp³-hybridized carbons (Fsp3) is 0.900. The van der Waals surface area contributed by atoms with Gasteiger partial charge in [0.25, 0.3) is 0 Å². The van der Waals surface area contributed by atoms with Crippen molar-refractivity contribution in [3.63, 3.8) is 0 Å². The van der Waals surface area contributed by atoms with E-state index >= 15 is 0 Å². The number of hydrogen-bond acceptors (Lipinski definition) is 4. The first-order chi connectivity index (χ1) is 6.96. The summed E-state index contributed by atoms with van der Waals surface area (Å²) in [5.41, 5.74) is -0.568. The molecule has 0 rings (SSSR count). The van der Waals surface area contributed by atoms with E-state index in [0.717, 1.165) is 0 Å². The standard InChI is InChI=1S/C10H20O5S/c1-9(2,15-5)6-7-16(13,14)10(3,4)8(11)12/h6-7H2,1-5H3,(H,11,12). The van der Waals surface area contributed by atoms with Crippen LogP contribution < -0.4 is 0 Å². The number of carbonyl (C=O) groups is 1. The van der Waals surface area contributed by atoms with Gasteiger partial charge in [-0.05, 0) is 34.1 Å². The minimum absolute atomic E-state index is 0.201. The molecule has 0 unspecified atom stereocenters. The van der Waals surface area contributed by atoms with Crippen molar-refractivity contribution in [1.29, 1.82) is 0 Å². The van der Waals surface area contributed by atoms with Crippen LogP contribution in [0.25, 0.3) is 0 Å². The van der Waals surface area contributed by atoms with Crippen molar-refractivity contribution in [2.75, 3.05) is 12.9 Å². The summed E-state index contributed by atoms with van der Waals surface area (Å²) in [5, 5.41) is 8.85. The highest BCUT2D eigenvalue weighted by atomic mass is 32.2. The van der Waals surface area contributed by atoms with E-state index in [9.17, 15) is 13.2 Å². The zero-order valence-electron chi connectivity index (χ0n) is 10.4. The van der Waals surface area contributed by atoms with Gasteiger partial charge in [0.2, 0.25) is 0 Å². The van der Waals surface area contributed by atoms with Gasteiger partial charge in [-0.3, -0.25) is 4.79 Å². The van der Waals surface area contributed by atoms with Crippen LogP contribution >= 0.6 is 0 Å². The number of sulfone groups is 1. The van der Waals surface area contributed by atoms with Gasteiger partial charge in [-0.25, -0.2) is 8.42 Å². The van der Waals surface area contributed by atoms with E-state index in [4.69, 9.17) is 9.84 Å². The molecule has 0 amide bonds. The molecule has 0 fully saturated rings. The molecule has 0 aromatic rings. The largest absolute Gasteiger partial charge is 0.480 e. The predicted molar refractivity (Wildman–Crippen MR) is 61.2 cm³/mol. The topological polar surface area (TPSA) is 80.7 Å². The van der Waals surface area contributed by atoms with Crippen LogP contribution in [0.5, 0.6) is 0 Å². The van der Waals surface area contributed by atoms with Gasteiger partial charge in [-0.2, -0.15) is 0 Å². The Morgan fingerprint density at radius 1 is 1.25 bits per heavy atom. The zero-order chi connectivity index (χ0) is 13.2. The smallest absolute Gasteiger partial charge is 0.324 e. The van der Waals surface area contributed by atoms with Crippen molar-refractivity contribution in [1.82, 2.24) is 0 Å². The molecule has 0 aliphatic rings. The first kappa shape index (κ1) is 15.4. The predicted octanol–water partition coefficient (Wildman–Crippen LogP) is 1.08. The Bertz CT molecular complexity index is 353. The number of methoxy groups -OCH3 is 1. The maximum Gasteiger partial charge on any atom is 0.324 e. The first-order valence-corrected chi connectivity index (χ1v) is 6.62. The molecule has 5 nitrogen and oxygen atoms in total. The molecular formula is C10H20O5S. The monoisotopic (exact) mass is 252 g/mol. The van der Waals surface area contributed by atoms with Crippen LogP contribution in [-0.2, 0) is 19.4 Å². The third-order valence-electron chi connectivity index (χ3n) is 2.82.